The summed E-state index contributed by atoms with van der Waals surface area (Å²) in [5, 5.41) is 0. The zero-order valence-corrected chi connectivity index (χ0v) is 26.7. The lowest BCUT2D eigenvalue weighted by atomic mass is 9.80. The number of carbonyl (C=O) groups is 1. The highest BCUT2D eigenvalue weighted by molar-refractivity contribution is 5.91. The molecule has 3 rings (SSSR count). The Morgan fingerprint density at radius 2 is 1.44 bits per heavy atom. The van der Waals surface area contributed by atoms with Crippen molar-refractivity contribution in [2.24, 2.45) is 11.8 Å². The zero-order chi connectivity index (χ0) is 30.7. The maximum Gasteiger partial charge on any atom is 0.346 e. The summed E-state index contributed by atoms with van der Waals surface area (Å²) in [7, 11) is 0. The van der Waals surface area contributed by atoms with Gasteiger partial charge in [-0.25, -0.2) is 9.18 Å². The highest BCUT2D eigenvalue weighted by Crippen LogP contribution is 2.32. The molecule has 0 heterocycles. The number of hydrogen-bond acceptors (Lipinski definition) is 3. The fourth-order valence-corrected chi connectivity index (χ4v) is 6.07. The summed E-state index contributed by atoms with van der Waals surface area (Å²) in [6, 6.07) is 9.75. The van der Waals surface area contributed by atoms with Crippen LogP contribution < -0.4 is 9.47 Å². The first-order valence-electron chi connectivity index (χ1n) is 17.1. The Hall–Kier alpha value is -2.69. The number of carbonyl (C=O) groups excluding carboxylic acids is 1. The number of unbranched alkanes of at least 4 members (excludes halogenated alkanes) is 9. The van der Waals surface area contributed by atoms with Gasteiger partial charge in [-0.15, -0.1) is 0 Å². The monoisotopic (exact) mass is 596 g/mol. The summed E-state index contributed by atoms with van der Waals surface area (Å²) in [5.41, 5.74) is 0.693. The van der Waals surface area contributed by atoms with Crippen molar-refractivity contribution >= 4 is 5.97 Å². The number of allylic oxidation sites excluding steroid dienone is 2. The Morgan fingerprint density at radius 1 is 0.791 bits per heavy atom. The van der Waals surface area contributed by atoms with Crippen LogP contribution in [-0.4, -0.2) is 12.6 Å². The summed E-state index contributed by atoms with van der Waals surface area (Å²) >= 11 is 0. The molecule has 1 saturated carbocycles. The molecule has 3 nitrogen and oxygen atoms in total. The molecule has 1 fully saturated rings. The summed E-state index contributed by atoms with van der Waals surface area (Å²) < 4.78 is 40.1. The van der Waals surface area contributed by atoms with Crippen LogP contribution >= 0.6 is 0 Å². The predicted octanol–water partition coefficient (Wildman–Crippen LogP) is 11.6. The van der Waals surface area contributed by atoms with Gasteiger partial charge in [-0.05, 0) is 86.6 Å². The molecule has 1 aliphatic rings. The minimum Gasteiger partial charge on any atom is -0.490 e. The van der Waals surface area contributed by atoms with E-state index in [1.54, 1.807) is 12.1 Å². The Balaban J connectivity index is 1.35. The minimum atomic E-state index is -1.24. The third-order valence-electron chi connectivity index (χ3n) is 8.75. The molecule has 43 heavy (non-hydrogen) atoms. The highest BCUT2D eigenvalue weighted by Gasteiger charge is 2.21. The lowest BCUT2D eigenvalue weighted by Gasteiger charge is -2.26. The maximum atomic E-state index is 14.7. The summed E-state index contributed by atoms with van der Waals surface area (Å²) in [5.74, 6) is -1.56. The number of ether oxygens (including phenoxy) is 2. The van der Waals surface area contributed by atoms with Crippen LogP contribution in [0.5, 0.6) is 11.5 Å². The highest BCUT2D eigenvalue weighted by atomic mass is 19.2. The molecule has 2 aromatic rings. The van der Waals surface area contributed by atoms with E-state index in [0.29, 0.717) is 18.3 Å². The SMILES string of the molecule is CCCCCCCCCCCCOc1ccc(C(=O)Oc2ccc(CC/C=C/C3CCC(CCC)CC3)cc2)c(F)c1F. The molecule has 0 N–H and O–H groups in total. The Morgan fingerprint density at radius 3 is 2.09 bits per heavy atom. The van der Waals surface area contributed by atoms with Crippen molar-refractivity contribution in [2.75, 3.05) is 6.61 Å². The lowest BCUT2D eigenvalue weighted by molar-refractivity contribution is 0.0728. The summed E-state index contributed by atoms with van der Waals surface area (Å²) in [4.78, 5) is 12.6. The molecular weight excluding hydrogens is 542 g/mol. The van der Waals surface area contributed by atoms with Gasteiger partial charge < -0.3 is 9.47 Å². The van der Waals surface area contributed by atoms with Gasteiger partial charge in [-0.2, -0.15) is 4.39 Å². The van der Waals surface area contributed by atoms with Crippen molar-refractivity contribution in [1.29, 1.82) is 0 Å². The van der Waals surface area contributed by atoms with Gasteiger partial charge in [0.25, 0.3) is 0 Å². The summed E-state index contributed by atoms with van der Waals surface area (Å²) in [6.45, 7) is 4.82. The van der Waals surface area contributed by atoms with Gasteiger partial charge in [0.2, 0.25) is 5.82 Å². The first-order valence-corrected chi connectivity index (χ1v) is 17.1. The van der Waals surface area contributed by atoms with Crippen LogP contribution in [0.1, 0.15) is 139 Å². The molecule has 0 atom stereocenters. The molecule has 0 amide bonds. The second kappa shape index (κ2) is 20.3. The molecule has 0 bridgehead atoms. The predicted molar refractivity (Wildman–Crippen MR) is 173 cm³/mol. The van der Waals surface area contributed by atoms with E-state index in [2.05, 4.69) is 26.0 Å². The van der Waals surface area contributed by atoms with Gasteiger partial charge in [0, 0.05) is 0 Å². The molecule has 0 radical (unpaired) electrons. The van der Waals surface area contributed by atoms with Crippen molar-refractivity contribution < 1.29 is 23.0 Å². The number of rotatable bonds is 20. The smallest absolute Gasteiger partial charge is 0.346 e. The van der Waals surface area contributed by atoms with Gasteiger partial charge >= 0.3 is 5.97 Å². The van der Waals surface area contributed by atoms with Crippen LogP contribution in [-0.2, 0) is 6.42 Å². The van der Waals surface area contributed by atoms with Crippen LogP contribution in [0.4, 0.5) is 8.78 Å². The number of esters is 1. The molecule has 0 aromatic heterocycles. The van der Waals surface area contributed by atoms with Crippen LogP contribution in [0.2, 0.25) is 0 Å². The third kappa shape index (κ3) is 12.8. The van der Waals surface area contributed by atoms with Crippen molar-refractivity contribution in [3.63, 3.8) is 0 Å². The third-order valence-corrected chi connectivity index (χ3v) is 8.75. The van der Waals surface area contributed by atoms with E-state index in [4.69, 9.17) is 9.47 Å². The topological polar surface area (TPSA) is 35.5 Å². The lowest BCUT2D eigenvalue weighted by Crippen LogP contribution is -2.13. The number of aryl methyl sites for hydroxylation is 1. The van der Waals surface area contributed by atoms with E-state index < -0.39 is 23.2 Å². The van der Waals surface area contributed by atoms with E-state index in [1.165, 1.54) is 95.6 Å². The van der Waals surface area contributed by atoms with Gasteiger partial charge in [-0.3, -0.25) is 0 Å². The van der Waals surface area contributed by atoms with Gasteiger partial charge in [0.15, 0.2) is 11.6 Å². The molecule has 5 heteroatoms. The van der Waals surface area contributed by atoms with Crippen LogP contribution in [0.25, 0.3) is 0 Å². The van der Waals surface area contributed by atoms with E-state index >= 15 is 0 Å². The second-order valence-electron chi connectivity index (χ2n) is 12.3. The molecule has 0 spiro atoms. The van der Waals surface area contributed by atoms with Crippen molar-refractivity contribution in [1.82, 2.24) is 0 Å². The molecule has 2 aromatic carbocycles. The molecular formula is C38H54F2O3. The average Bonchev–Trinajstić information content (AvgIpc) is 3.02. The van der Waals surface area contributed by atoms with Crippen molar-refractivity contribution in [3.8, 4) is 11.5 Å². The van der Waals surface area contributed by atoms with Crippen molar-refractivity contribution in [3.05, 3.63) is 71.3 Å². The van der Waals surface area contributed by atoms with E-state index in [1.807, 2.05) is 12.1 Å². The van der Waals surface area contributed by atoms with Gasteiger partial charge in [0.05, 0.1) is 12.2 Å². The quantitative estimate of drug-likeness (QED) is 0.0660. The standard InChI is InChI=1S/C38H54F2O3/c1-3-5-6-7-8-9-10-11-12-15-29-42-35-28-27-34(36(39)37(35)40)38(41)43-33-25-23-32(24-26-33)18-14-13-17-31-21-19-30(16-4-2)20-22-31/h13,17,23-28,30-31H,3-12,14-16,18-22,29H2,1-2H3/b17-13+. The Bertz CT molecular complexity index is 1090. The second-order valence-corrected chi connectivity index (χ2v) is 12.3. The van der Waals surface area contributed by atoms with Crippen LogP contribution in [0, 0.1) is 23.5 Å². The molecule has 0 unspecified atom stereocenters. The first-order chi connectivity index (χ1) is 21.0. The molecule has 238 valence electrons. The number of halogens is 2. The summed E-state index contributed by atoms with van der Waals surface area (Å²) in [6.07, 6.45) is 26.4. The largest absolute Gasteiger partial charge is 0.490 e. The Labute approximate surface area is 259 Å². The Kier molecular flexibility index (Phi) is 16.4. The van der Waals surface area contributed by atoms with Gasteiger partial charge in [-0.1, -0.05) is 109 Å². The van der Waals surface area contributed by atoms with Gasteiger partial charge in [0.1, 0.15) is 5.75 Å². The molecule has 1 aliphatic carbocycles. The van der Waals surface area contributed by atoms with Crippen LogP contribution in [0.3, 0.4) is 0 Å². The number of benzene rings is 2. The van der Waals surface area contributed by atoms with Crippen molar-refractivity contribution in [2.45, 2.75) is 129 Å². The average molecular weight is 597 g/mol. The van der Waals surface area contributed by atoms with E-state index in [9.17, 15) is 13.6 Å². The fraction of sp³-hybridized carbons (Fsp3) is 0.605. The van der Waals surface area contributed by atoms with E-state index in [0.717, 1.165) is 43.6 Å². The normalized spacial score (nSPS) is 16.9. The first kappa shape index (κ1) is 34.8. The maximum absolute atomic E-state index is 14.7. The minimum absolute atomic E-state index is 0.174. The van der Waals surface area contributed by atoms with E-state index in [-0.39, 0.29) is 5.75 Å². The molecule has 0 aliphatic heterocycles. The van der Waals surface area contributed by atoms with Crippen LogP contribution in [0.15, 0.2) is 48.6 Å². The number of hydrogen-bond donors (Lipinski definition) is 0. The zero-order valence-electron chi connectivity index (χ0n) is 26.7. The fourth-order valence-electron chi connectivity index (χ4n) is 6.07. The molecule has 0 saturated heterocycles.